The molecule has 0 saturated carbocycles. The third kappa shape index (κ3) is 20.2. The van der Waals surface area contributed by atoms with Crippen LogP contribution in [-0.4, -0.2) is 19.5 Å². The van der Waals surface area contributed by atoms with Crippen LogP contribution in [-0.2, 0) is 0 Å². The van der Waals surface area contributed by atoms with Gasteiger partial charge in [-0.05, 0) is 51.6 Å². The van der Waals surface area contributed by atoms with E-state index < -0.39 is 0 Å². The molecular weight excluding hydrogens is 271 g/mol. The van der Waals surface area contributed by atoms with E-state index in [0.29, 0.717) is 7.92 Å². The Morgan fingerprint density at radius 2 is 1.00 bits per heavy atom. The number of unbranched alkanes of at least 4 members (excludes halogenated alkanes) is 12. The highest BCUT2D eigenvalue weighted by atomic mass is 31.1. The molecule has 0 aromatic heterocycles. The Kier molecular flexibility index (Phi) is 18.4. The van der Waals surface area contributed by atoms with Gasteiger partial charge in [0.25, 0.3) is 0 Å². The van der Waals surface area contributed by atoms with Crippen LogP contribution in [0.15, 0.2) is 12.2 Å². The molecule has 0 saturated heterocycles. The fourth-order valence-electron chi connectivity index (χ4n) is 2.68. The van der Waals surface area contributed by atoms with Crippen LogP contribution in [0.4, 0.5) is 0 Å². The Labute approximate surface area is 136 Å². The van der Waals surface area contributed by atoms with Gasteiger partial charge in [0.15, 0.2) is 0 Å². The van der Waals surface area contributed by atoms with Crippen LogP contribution in [0.1, 0.15) is 96.8 Å². The van der Waals surface area contributed by atoms with Crippen molar-refractivity contribution in [2.45, 2.75) is 96.8 Å². The lowest BCUT2D eigenvalue weighted by atomic mass is 10.1. The third-order valence-electron chi connectivity index (χ3n) is 4.12. The van der Waals surface area contributed by atoms with E-state index in [9.17, 15) is 0 Å². The van der Waals surface area contributed by atoms with Crippen molar-refractivity contribution in [3.8, 4) is 0 Å². The van der Waals surface area contributed by atoms with Crippen molar-refractivity contribution in [1.82, 2.24) is 0 Å². The van der Waals surface area contributed by atoms with Crippen LogP contribution in [0.3, 0.4) is 0 Å². The van der Waals surface area contributed by atoms with Crippen LogP contribution < -0.4 is 0 Å². The van der Waals surface area contributed by atoms with E-state index in [-0.39, 0.29) is 0 Å². The molecule has 126 valence electrons. The highest BCUT2D eigenvalue weighted by Crippen LogP contribution is 2.26. The van der Waals surface area contributed by atoms with E-state index >= 15 is 0 Å². The summed E-state index contributed by atoms with van der Waals surface area (Å²) < 4.78 is 0. The molecule has 0 heterocycles. The van der Waals surface area contributed by atoms with Crippen molar-refractivity contribution in [3.63, 3.8) is 0 Å². The third-order valence-corrected chi connectivity index (χ3v) is 5.33. The predicted octanol–water partition coefficient (Wildman–Crippen LogP) is 7.77. The molecule has 0 aromatic carbocycles. The maximum Gasteiger partial charge on any atom is -0.0331 e. The second-order valence-corrected chi connectivity index (χ2v) is 9.35. The molecule has 0 aromatic rings. The predicted molar refractivity (Wildman–Crippen MR) is 103 cm³/mol. The summed E-state index contributed by atoms with van der Waals surface area (Å²) in [4.78, 5) is 0. The average Bonchev–Trinajstić information content (AvgIpc) is 2.46. The van der Waals surface area contributed by atoms with E-state index in [0.717, 1.165) is 0 Å². The molecule has 0 bridgehead atoms. The monoisotopic (exact) mass is 312 g/mol. The number of allylic oxidation sites excluding steroid dienone is 2. The summed E-state index contributed by atoms with van der Waals surface area (Å²) >= 11 is 0. The largest absolute Gasteiger partial charge is 0.113 e. The summed E-state index contributed by atoms with van der Waals surface area (Å²) in [6.07, 6.45) is 26.1. The van der Waals surface area contributed by atoms with Gasteiger partial charge in [-0.3, -0.25) is 0 Å². The Bertz CT molecular complexity index is 208. The van der Waals surface area contributed by atoms with E-state index in [1.165, 1.54) is 96.1 Å². The van der Waals surface area contributed by atoms with Gasteiger partial charge < -0.3 is 0 Å². The summed E-state index contributed by atoms with van der Waals surface area (Å²) in [7, 11) is 0.348. The Morgan fingerprint density at radius 3 is 1.48 bits per heavy atom. The van der Waals surface area contributed by atoms with Crippen LogP contribution in [0.25, 0.3) is 0 Å². The normalized spacial score (nSPS) is 11.8. The van der Waals surface area contributed by atoms with Gasteiger partial charge >= 0.3 is 0 Å². The molecule has 0 unspecified atom stereocenters. The first-order valence-corrected chi connectivity index (χ1v) is 12.0. The second kappa shape index (κ2) is 18.2. The molecule has 0 amide bonds. The zero-order valence-corrected chi connectivity index (χ0v) is 16.1. The van der Waals surface area contributed by atoms with Gasteiger partial charge in [-0.1, -0.05) is 76.9 Å². The highest BCUT2D eigenvalue weighted by Gasteiger charge is 1.94. The van der Waals surface area contributed by atoms with Crippen molar-refractivity contribution >= 4 is 7.92 Å². The minimum Gasteiger partial charge on any atom is -0.113 e. The maximum absolute atomic E-state index is 2.42. The number of rotatable bonds is 16. The van der Waals surface area contributed by atoms with E-state index in [1.54, 1.807) is 0 Å². The SMILES string of the molecule is CCCCCCCC/C=C\CCCCCCCCP(C)C. The molecule has 0 aliphatic heterocycles. The molecule has 0 aliphatic carbocycles. The van der Waals surface area contributed by atoms with Crippen molar-refractivity contribution in [2.24, 2.45) is 0 Å². The van der Waals surface area contributed by atoms with Crippen LogP contribution >= 0.6 is 7.92 Å². The zero-order chi connectivity index (χ0) is 15.6. The summed E-state index contributed by atoms with van der Waals surface area (Å²) in [5.74, 6) is 0. The quantitative estimate of drug-likeness (QED) is 0.155. The fourth-order valence-corrected chi connectivity index (χ4v) is 3.53. The number of hydrogen-bond donors (Lipinski definition) is 0. The summed E-state index contributed by atoms with van der Waals surface area (Å²) in [6.45, 7) is 7.08. The summed E-state index contributed by atoms with van der Waals surface area (Å²) in [5.41, 5.74) is 0. The van der Waals surface area contributed by atoms with Crippen molar-refractivity contribution < 1.29 is 0 Å². The molecule has 0 fully saturated rings. The van der Waals surface area contributed by atoms with E-state index in [2.05, 4.69) is 32.4 Å². The van der Waals surface area contributed by atoms with Gasteiger partial charge in [0.2, 0.25) is 0 Å². The molecule has 0 spiro atoms. The molecule has 0 N–H and O–H groups in total. The average molecular weight is 313 g/mol. The topological polar surface area (TPSA) is 0 Å². The van der Waals surface area contributed by atoms with Gasteiger partial charge in [-0.25, -0.2) is 0 Å². The molecule has 1 heteroatoms. The lowest BCUT2D eigenvalue weighted by Gasteiger charge is -2.04. The Balaban J connectivity index is 3.05. The van der Waals surface area contributed by atoms with Gasteiger partial charge in [0, 0.05) is 0 Å². The Morgan fingerprint density at radius 1 is 0.571 bits per heavy atom. The van der Waals surface area contributed by atoms with Gasteiger partial charge in [0.1, 0.15) is 0 Å². The molecule has 21 heavy (non-hydrogen) atoms. The van der Waals surface area contributed by atoms with Crippen LogP contribution in [0, 0.1) is 0 Å². The molecule has 0 atom stereocenters. The van der Waals surface area contributed by atoms with Crippen molar-refractivity contribution in [1.29, 1.82) is 0 Å². The molecule has 0 aliphatic rings. The first-order chi connectivity index (χ1) is 10.3. The van der Waals surface area contributed by atoms with Crippen LogP contribution in [0.5, 0.6) is 0 Å². The minimum atomic E-state index is 0.348. The summed E-state index contributed by atoms with van der Waals surface area (Å²) in [5, 5.41) is 0. The minimum absolute atomic E-state index is 0.348. The second-order valence-electron chi connectivity index (χ2n) is 6.74. The lowest BCUT2D eigenvalue weighted by Crippen LogP contribution is -1.84. The van der Waals surface area contributed by atoms with Crippen LogP contribution in [0.2, 0.25) is 0 Å². The summed E-state index contributed by atoms with van der Waals surface area (Å²) in [6, 6.07) is 0. The van der Waals surface area contributed by atoms with Crippen molar-refractivity contribution in [2.75, 3.05) is 19.5 Å². The smallest absolute Gasteiger partial charge is 0.0331 e. The maximum atomic E-state index is 2.42. The first kappa shape index (κ1) is 21.2. The molecular formula is C20H41P. The van der Waals surface area contributed by atoms with E-state index in [1.807, 2.05) is 0 Å². The standard InChI is InChI=1S/C20H41P/c1-4-5-6-7-8-9-10-11-12-13-14-15-16-17-18-19-20-21(2)3/h11-12H,4-10,13-20H2,1-3H3/b12-11-. The first-order valence-electron chi connectivity index (χ1n) is 9.57. The Hall–Kier alpha value is 0.170. The lowest BCUT2D eigenvalue weighted by molar-refractivity contribution is 0.607. The zero-order valence-electron chi connectivity index (χ0n) is 15.2. The van der Waals surface area contributed by atoms with E-state index in [4.69, 9.17) is 0 Å². The van der Waals surface area contributed by atoms with Gasteiger partial charge in [-0.2, -0.15) is 0 Å². The van der Waals surface area contributed by atoms with Crippen molar-refractivity contribution in [3.05, 3.63) is 12.2 Å². The number of hydrogen-bond acceptors (Lipinski definition) is 0. The molecule has 0 radical (unpaired) electrons. The van der Waals surface area contributed by atoms with Gasteiger partial charge in [-0.15, -0.1) is 7.92 Å². The molecule has 0 rings (SSSR count). The highest BCUT2D eigenvalue weighted by molar-refractivity contribution is 7.55. The molecule has 0 nitrogen and oxygen atoms in total. The fraction of sp³-hybridized carbons (Fsp3) is 0.900. The van der Waals surface area contributed by atoms with Gasteiger partial charge in [0.05, 0.1) is 0 Å².